The van der Waals surface area contributed by atoms with Crippen LogP contribution in [0.15, 0.2) is 0 Å². The Kier molecular flexibility index (Phi) is 142. The van der Waals surface area contributed by atoms with Gasteiger partial charge in [0.15, 0.2) is 0 Å². The van der Waals surface area contributed by atoms with Crippen LogP contribution in [0.5, 0.6) is 0 Å². The first-order valence-electron chi connectivity index (χ1n) is 3.54. The second-order valence-corrected chi connectivity index (χ2v) is 1.44. The van der Waals surface area contributed by atoms with Crippen molar-refractivity contribution >= 4 is 123 Å². The fourth-order valence-electron chi connectivity index (χ4n) is 0. The van der Waals surface area contributed by atoms with Crippen molar-refractivity contribution in [2.24, 2.45) is 0 Å². The van der Waals surface area contributed by atoms with Crippen LogP contribution in [0.25, 0.3) is 0 Å². The summed E-state index contributed by atoms with van der Waals surface area (Å²) in [6.45, 7) is 0. The van der Waals surface area contributed by atoms with Crippen LogP contribution >= 0.6 is 0 Å². The third kappa shape index (κ3) is 2750. The summed E-state index contributed by atoms with van der Waals surface area (Å²) in [4.78, 5) is 0. The maximum atomic E-state index is 8.42. The molecule has 15 nitrogen and oxygen atoms in total. The van der Waals surface area contributed by atoms with Crippen molar-refractivity contribution in [3.05, 3.63) is 0 Å². The molecule has 0 bridgehead atoms. The smallest absolute Gasteiger partial charge is 0.907 e. The first-order valence-corrected chi connectivity index (χ1v) is 3.54. The second kappa shape index (κ2) is 56.3. The van der Waals surface area contributed by atoms with Gasteiger partial charge in [-0.15, -0.1) is 0 Å². The van der Waals surface area contributed by atoms with E-state index in [1.165, 1.54) is 0 Å². The molecule has 0 unspecified atom stereocenters. The van der Waals surface area contributed by atoms with Crippen molar-refractivity contribution in [1.82, 2.24) is 0 Å². The predicted octanol–water partition coefficient (Wildman–Crippen LogP) is -21.6. The van der Waals surface area contributed by atoms with Gasteiger partial charge >= 0.3 is 86.8 Å². The molecule has 0 aliphatic rings. The summed E-state index contributed by atoms with van der Waals surface area (Å²) >= 11 is 0. The van der Waals surface area contributed by atoms with Gasteiger partial charge in [-0.3, -0.25) is 36.6 Å². The van der Waals surface area contributed by atoms with Crippen LogP contribution in [-0.2, 0) is 0 Å². The summed E-state index contributed by atoms with van der Waals surface area (Å²) in [6.07, 6.45) is 0. The molecule has 0 aromatic carbocycles. The van der Waals surface area contributed by atoms with Gasteiger partial charge in [0.2, 0.25) is 0 Å². The van der Waals surface area contributed by atoms with Crippen molar-refractivity contribution in [3.63, 3.8) is 0 Å². The van der Waals surface area contributed by atoms with E-state index in [4.69, 9.17) is 75.4 Å². The van der Waals surface area contributed by atoms with Gasteiger partial charge in [0, 0.05) is 0 Å². The van der Waals surface area contributed by atoms with Crippen LogP contribution < -0.4 is 75.4 Å². The van der Waals surface area contributed by atoms with Crippen LogP contribution in [0, 0.1) is 0 Å². The summed E-state index contributed by atoms with van der Waals surface area (Å²) in [5.74, 6) is 0. The van der Waals surface area contributed by atoms with E-state index in [2.05, 4.69) is 0 Å². The Morgan fingerprint density at radius 2 is 0.200 bits per heavy atom. The Balaban J connectivity index is -0.0000000134. The molecule has 25 heteroatoms. The molecule has 0 rings (SSSR count). The van der Waals surface area contributed by atoms with E-state index < -0.39 is 36.6 Å². The Hall–Kier alpha value is 2.39. The SMILES string of the molecule is [Al+3].[Al+3].[Al+3].[Al+3].[Al+3].[O-]B([O-])[O-].[O-]B([O-])[O-].[O-]B([O-])[O-].[O-]B([O-])[O-].[O-]B([O-])[O-]. The maximum absolute atomic E-state index is 8.42. The topological polar surface area (TPSA) is 346 Å². The molecule has 0 spiro atoms. The Morgan fingerprint density at radius 3 is 0.200 bits per heavy atom. The van der Waals surface area contributed by atoms with E-state index in [0.29, 0.717) is 0 Å². The monoisotopic (exact) mass is 430 g/mol. The maximum Gasteiger partial charge on any atom is 3.00 e. The van der Waals surface area contributed by atoms with Crippen LogP contribution in [0.4, 0.5) is 0 Å². The van der Waals surface area contributed by atoms with Crippen LogP contribution in [0.2, 0.25) is 0 Å². The van der Waals surface area contributed by atoms with Crippen LogP contribution in [-0.4, -0.2) is 123 Å². The molecule has 0 aromatic heterocycles. The summed E-state index contributed by atoms with van der Waals surface area (Å²) in [6, 6.07) is 0. The molecule has 0 fully saturated rings. The molecule has 0 amide bonds. The van der Waals surface area contributed by atoms with Gasteiger partial charge in [0.05, 0.1) is 0 Å². The molecule has 0 heterocycles. The average Bonchev–Trinajstić information content (AvgIpc) is 1.94. The Bertz CT molecular complexity index is 92.9. The molecule has 0 aromatic rings. The van der Waals surface area contributed by atoms with E-state index in [1.807, 2.05) is 0 Å². The van der Waals surface area contributed by atoms with E-state index >= 15 is 0 Å². The fourth-order valence-corrected chi connectivity index (χ4v) is 0. The summed E-state index contributed by atoms with van der Waals surface area (Å²) in [5, 5.41) is 126. The van der Waals surface area contributed by atoms with Crippen molar-refractivity contribution in [2.75, 3.05) is 0 Å². The predicted molar refractivity (Wildman–Crippen MR) is 57.5 cm³/mol. The third-order valence-electron chi connectivity index (χ3n) is 0. The normalized spacial score (nSPS) is 5.40. The van der Waals surface area contributed by atoms with Crippen molar-refractivity contribution in [2.45, 2.75) is 0 Å². The quantitative estimate of drug-likeness (QED) is 0.322. The van der Waals surface area contributed by atoms with Gasteiger partial charge in [-0.1, -0.05) is 0 Å². The van der Waals surface area contributed by atoms with Gasteiger partial charge in [-0.25, -0.2) is 0 Å². The van der Waals surface area contributed by atoms with Crippen molar-refractivity contribution < 1.29 is 75.4 Å². The third-order valence-corrected chi connectivity index (χ3v) is 0. The van der Waals surface area contributed by atoms with E-state index in [9.17, 15) is 0 Å². The molecular formula is Al5B5O15. The van der Waals surface area contributed by atoms with Crippen molar-refractivity contribution in [1.29, 1.82) is 0 Å². The van der Waals surface area contributed by atoms with Crippen LogP contribution in [0.1, 0.15) is 0 Å². The van der Waals surface area contributed by atoms with Gasteiger partial charge in [-0.05, 0) is 0 Å². The summed E-state index contributed by atoms with van der Waals surface area (Å²) < 4.78 is 0. The zero-order chi connectivity index (χ0) is 17.9. The minimum Gasteiger partial charge on any atom is -0.907 e. The minimum atomic E-state index is -2.92. The van der Waals surface area contributed by atoms with E-state index in [-0.39, 0.29) is 86.8 Å². The standard InChI is InChI=1S/5Al.5BO3/c;;;;;5*2-1(3)4/q5*+3;5*-3. The van der Waals surface area contributed by atoms with Crippen LogP contribution in [0.3, 0.4) is 0 Å². The van der Waals surface area contributed by atoms with Gasteiger partial charge in [0.1, 0.15) is 0 Å². The molecule has 25 heavy (non-hydrogen) atoms. The number of rotatable bonds is 0. The average molecular weight is 429 g/mol. The second-order valence-electron chi connectivity index (χ2n) is 1.44. The van der Waals surface area contributed by atoms with Gasteiger partial charge in [-0.2, -0.15) is 0 Å². The Labute approximate surface area is 197 Å². The Morgan fingerprint density at radius 1 is 0.200 bits per heavy atom. The molecule has 0 saturated heterocycles. The van der Waals surface area contributed by atoms with Gasteiger partial charge < -0.3 is 75.4 Å². The molecule has 0 saturated carbocycles. The molecule has 0 aliphatic heterocycles. The minimum absolute atomic E-state index is 0. The molecule has 0 radical (unpaired) electrons. The molecule has 0 N–H and O–H groups in total. The summed E-state index contributed by atoms with van der Waals surface area (Å²) in [7, 11) is -14.6. The first kappa shape index (κ1) is 63.1. The van der Waals surface area contributed by atoms with Gasteiger partial charge in [0.25, 0.3) is 0 Å². The largest absolute Gasteiger partial charge is 3.00 e. The molecule has 0 atom stereocenters. The number of hydrogen-bond acceptors (Lipinski definition) is 15. The molecular weight excluding hydrogens is 429 g/mol. The molecule has 120 valence electrons. The zero-order valence-corrected chi connectivity index (χ0v) is 17.7. The van der Waals surface area contributed by atoms with E-state index in [0.717, 1.165) is 0 Å². The molecule has 0 aliphatic carbocycles. The summed E-state index contributed by atoms with van der Waals surface area (Å²) in [5.41, 5.74) is 0. The first-order chi connectivity index (χ1) is 8.66. The zero-order valence-electron chi connectivity index (χ0n) is 11.9. The van der Waals surface area contributed by atoms with Crippen molar-refractivity contribution in [3.8, 4) is 0 Å². The van der Waals surface area contributed by atoms with E-state index in [1.54, 1.807) is 0 Å². The fraction of sp³-hybridized carbons (Fsp3) is 0. The number of hydrogen-bond donors (Lipinski definition) is 0.